The molecule has 0 fully saturated rings. The summed E-state index contributed by atoms with van der Waals surface area (Å²) >= 11 is 12.7. The third-order valence-corrected chi connectivity index (χ3v) is 7.01. The van der Waals surface area contributed by atoms with Crippen LogP contribution in [0.1, 0.15) is 6.42 Å². The summed E-state index contributed by atoms with van der Waals surface area (Å²) < 4.78 is 8.08. The molecule has 36 heavy (non-hydrogen) atoms. The van der Waals surface area contributed by atoms with Gasteiger partial charge in [0.05, 0.1) is 30.2 Å². The average molecular weight is 517 g/mol. The van der Waals surface area contributed by atoms with Crippen LogP contribution in [0.4, 0.5) is 0 Å². The molecule has 0 aliphatic carbocycles. The summed E-state index contributed by atoms with van der Waals surface area (Å²) in [5.74, 6) is 0.729. The SMILES string of the molecule is O=c1[nH]cnc2cnn(CCCOc3c4[nH]c5ccc(Cl)cc5c4cc4c3[nH]c3ccc(Cl)cc34)c12. The minimum atomic E-state index is -0.210. The first-order chi connectivity index (χ1) is 17.6. The van der Waals surface area contributed by atoms with E-state index in [1.807, 2.05) is 36.4 Å². The highest BCUT2D eigenvalue weighted by atomic mass is 35.5. The standard InChI is InChI=1S/C26H18Cl2N6O2/c27-13-2-4-19-15(8-13)17-10-18-16-9-14(28)3-5-20(16)33-23(18)25(22(17)32-19)36-7-1-6-34-24-21(11-31-34)29-12-30-26(24)35/h2-5,8-12,32-33H,1,6-7H2,(H,29,30,35). The van der Waals surface area contributed by atoms with Crippen LogP contribution in [0, 0.1) is 0 Å². The number of ether oxygens (including phenoxy) is 1. The fourth-order valence-corrected chi connectivity index (χ4v) is 5.28. The first-order valence-electron chi connectivity index (χ1n) is 11.4. The predicted octanol–water partition coefficient (Wildman–Crippen LogP) is 6.16. The van der Waals surface area contributed by atoms with Crippen LogP contribution in [-0.4, -0.2) is 36.3 Å². The van der Waals surface area contributed by atoms with Gasteiger partial charge in [0.1, 0.15) is 5.52 Å². The fraction of sp³-hybridized carbons (Fsp3) is 0.115. The second kappa shape index (κ2) is 8.01. The smallest absolute Gasteiger partial charge is 0.276 e. The lowest BCUT2D eigenvalue weighted by Crippen LogP contribution is -2.13. The molecule has 4 heterocycles. The number of benzene rings is 3. The highest BCUT2D eigenvalue weighted by molar-refractivity contribution is 6.33. The molecule has 7 rings (SSSR count). The lowest BCUT2D eigenvalue weighted by Gasteiger charge is -2.10. The third-order valence-electron chi connectivity index (χ3n) is 6.54. The van der Waals surface area contributed by atoms with Crippen LogP contribution in [0.3, 0.4) is 0 Å². The van der Waals surface area contributed by atoms with Crippen LogP contribution in [0.25, 0.3) is 54.6 Å². The van der Waals surface area contributed by atoms with Gasteiger partial charge in [0.15, 0.2) is 11.3 Å². The van der Waals surface area contributed by atoms with Crippen LogP contribution in [0.5, 0.6) is 5.75 Å². The van der Waals surface area contributed by atoms with Gasteiger partial charge in [-0.3, -0.25) is 9.48 Å². The van der Waals surface area contributed by atoms with E-state index in [1.54, 1.807) is 10.9 Å². The quantitative estimate of drug-likeness (QED) is 0.238. The Morgan fingerprint density at radius 1 is 0.889 bits per heavy atom. The Hall–Kier alpha value is -4.01. The Morgan fingerprint density at radius 2 is 1.56 bits per heavy atom. The van der Waals surface area contributed by atoms with Gasteiger partial charge in [-0.05, 0) is 42.5 Å². The number of hydrogen-bond donors (Lipinski definition) is 3. The van der Waals surface area contributed by atoms with Crippen LogP contribution in [0.15, 0.2) is 59.8 Å². The van der Waals surface area contributed by atoms with Gasteiger partial charge >= 0.3 is 0 Å². The molecule has 0 saturated carbocycles. The summed E-state index contributed by atoms with van der Waals surface area (Å²) in [4.78, 5) is 26.0. The topological polar surface area (TPSA) is 104 Å². The molecule has 3 N–H and O–H groups in total. The molecule has 0 aliphatic heterocycles. The highest BCUT2D eigenvalue weighted by Crippen LogP contribution is 2.41. The molecule has 0 radical (unpaired) electrons. The molecule has 7 aromatic rings. The molecule has 0 aliphatic rings. The van der Waals surface area contributed by atoms with Gasteiger partial charge in [0.25, 0.3) is 5.56 Å². The van der Waals surface area contributed by atoms with Crippen LogP contribution in [0.2, 0.25) is 10.0 Å². The molecule has 0 bridgehead atoms. The molecule has 0 unspecified atom stereocenters. The van der Waals surface area contributed by atoms with Crippen molar-refractivity contribution in [2.24, 2.45) is 0 Å². The predicted molar refractivity (Wildman–Crippen MR) is 143 cm³/mol. The Balaban J connectivity index is 1.31. The zero-order valence-electron chi connectivity index (χ0n) is 18.7. The van der Waals surface area contributed by atoms with Crippen LogP contribution >= 0.6 is 23.2 Å². The zero-order chi connectivity index (χ0) is 24.4. The van der Waals surface area contributed by atoms with E-state index in [0.29, 0.717) is 40.7 Å². The van der Waals surface area contributed by atoms with Gasteiger partial charge in [0, 0.05) is 55.6 Å². The number of rotatable bonds is 5. The maximum Gasteiger partial charge on any atom is 0.276 e. The van der Waals surface area contributed by atoms with Crippen molar-refractivity contribution in [3.8, 4) is 5.75 Å². The molecular formula is C26H18Cl2N6O2. The Kier molecular flexibility index (Phi) is 4.74. The number of aromatic nitrogens is 6. The van der Waals surface area contributed by atoms with Crippen molar-refractivity contribution in [1.29, 1.82) is 0 Å². The number of nitrogens with one attached hydrogen (secondary N) is 3. The van der Waals surface area contributed by atoms with Gasteiger partial charge in [-0.1, -0.05) is 23.2 Å². The highest BCUT2D eigenvalue weighted by Gasteiger charge is 2.18. The Morgan fingerprint density at radius 3 is 2.22 bits per heavy atom. The van der Waals surface area contributed by atoms with Crippen molar-refractivity contribution >= 4 is 77.8 Å². The summed E-state index contributed by atoms with van der Waals surface area (Å²) in [6, 6.07) is 13.7. The molecule has 0 atom stereocenters. The van der Waals surface area contributed by atoms with Gasteiger partial charge < -0.3 is 19.7 Å². The molecule has 178 valence electrons. The normalized spacial score (nSPS) is 12.1. The average Bonchev–Trinajstić information content (AvgIpc) is 3.55. The van der Waals surface area contributed by atoms with Crippen LogP contribution in [-0.2, 0) is 6.54 Å². The van der Waals surface area contributed by atoms with Gasteiger partial charge in [0.2, 0.25) is 0 Å². The van der Waals surface area contributed by atoms with E-state index >= 15 is 0 Å². The number of aromatic amines is 3. The molecule has 10 heteroatoms. The lowest BCUT2D eigenvalue weighted by molar-refractivity contribution is 0.305. The van der Waals surface area contributed by atoms with E-state index < -0.39 is 0 Å². The van der Waals surface area contributed by atoms with Crippen LogP contribution < -0.4 is 10.3 Å². The summed E-state index contributed by atoms with van der Waals surface area (Å²) in [6.45, 7) is 0.933. The fourth-order valence-electron chi connectivity index (χ4n) is 4.93. The van der Waals surface area contributed by atoms with E-state index in [4.69, 9.17) is 27.9 Å². The molecule has 3 aromatic carbocycles. The number of nitrogens with zero attached hydrogens (tertiary/aromatic N) is 3. The number of H-pyrrole nitrogens is 3. The minimum absolute atomic E-state index is 0.210. The van der Waals surface area contributed by atoms with E-state index in [2.05, 4.69) is 31.1 Å². The zero-order valence-corrected chi connectivity index (χ0v) is 20.2. The van der Waals surface area contributed by atoms with E-state index in [9.17, 15) is 4.79 Å². The molecule has 0 spiro atoms. The molecule has 0 amide bonds. The number of hydrogen-bond acceptors (Lipinski definition) is 4. The summed E-state index contributed by atoms with van der Waals surface area (Å²) in [5.41, 5.74) is 4.55. The molecular weight excluding hydrogens is 499 g/mol. The van der Waals surface area contributed by atoms with Crippen molar-refractivity contribution in [3.05, 3.63) is 75.4 Å². The third kappa shape index (κ3) is 3.26. The van der Waals surface area contributed by atoms with E-state index in [1.165, 1.54) is 6.33 Å². The number of aryl methyl sites for hydroxylation is 1. The van der Waals surface area contributed by atoms with E-state index in [0.717, 1.165) is 49.4 Å². The second-order valence-electron chi connectivity index (χ2n) is 8.72. The minimum Gasteiger partial charge on any atom is -0.489 e. The van der Waals surface area contributed by atoms with Crippen molar-refractivity contribution in [3.63, 3.8) is 0 Å². The summed E-state index contributed by atoms with van der Waals surface area (Å²) in [7, 11) is 0. The van der Waals surface area contributed by atoms with Gasteiger partial charge in [-0.2, -0.15) is 5.10 Å². The van der Waals surface area contributed by atoms with Crippen molar-refractivity contribution in [2.75, 3.05) is 6.61 Å². The number of halogens is 2. The monoisotopic (exact) mass is 516 g/mol. The maximum absolute atomic E-state index is 12.2. The van der Waals surface area contributed by atoms with Crippen molar-refractivity contribution in [2.45, 2.75) is 13.0 Å². The first-order valence-corrected chi connectivity index (χ1v) is 12.2. The Labute approximate surface area is 212 Å². The number of fused-ring (bicyclic) bond motifs is 7. The van der Waals surface area contributed by atoms with E-state index in [-0.39, 0.29) is 5.56 Å². The molecule has 4 aromatic heterocycles. The largest absolute Gasteiger partial charge is 0.489 e. The van der Waals surface area contributed by atoms with Gasteiger partial charge in [-0.25, -0.2) is 4.98 Å². The maximum atomic E-state index is 12.2. The molecule has 8 nitrogen and oxygen atoms in total. The van der Waals surface area contributed by atoms with Crippen molar-refractivity contribution < 1.29 is 4.74 Å². The summed E-state index contributed by atoms with van der Waals surface area (Å²) in [5, 5.41) is 9.74. The Bertz CT molecular complexity index is 1920. The lowest BCUT2D eigenvalue weighted by atomic mass is 10.1. The molecule has 0 saturated heterocycles. The first kappa shape index (κ1) is 21.3. The van der Waals surface area contributed by atoms with Crippen molar-refractivity contribution in [1.82, 2.24) is 29.7 Å². The van der Waals surface area contributed by atoms with Gasteiger partial charge in [-0.15, -0.1) is 0 Å². The second-order valence-corrected chi connectivity index (χ2v) is 9.59. The summed E-state index contributed by atoms with van der Waals surface area (Å²) in [6.07, 6.45) is 3.62.